The fourth-order valence-corrected chi connectivity index (χ4v) is 8.11. The van der Waals surface area contributed by atoms with E-state index < -0.39 is 17.4 Å². The van der Waals surface area contributed by atoms with Gasteiger partial charge in [-0.2, -0.15) is 0 Å². The van der Waals surface area contributed by atoms with Gasteiger partial charge < -0.3 is 29.8 Å². The smallest absolute Gasteiger partial charge is 0.264 e. The van der Waals surface area contributed by atoms with E-state index in [-0.39, 0.29) is 43.3 Å². The van der Waals surface area contributed by atoms with E-state index in [1.165, 1.54) is 0 Å². The second-order valence-electron chi connectivity index (χ2n) is 14.4. The van der Waals surface area contributed by atoms with Crippen molar-refractivity contribution in [3.05, 3.63) is 65.7 Å². The molecule has 3 atom stereocenters. The first-order valence-electron chi connectivity index (χ1n) is 18.7. The normalized spacial score (nSPS) is 24.3. The van der Waals surface area contributed by atoms with Crippen LogP contribution in [0.15, 0.2) is 54.6 Å². The van der Waals surface area contributed by atoms with Crippen LogP contribution in [0.5, 0.6) is 0 Å². The molecular formula is C40H52N4O6. The van der Waals surface area contributed by atoms with Gasteiger partial charge in [-0.15, -0.1) is 0 Å². The molecule has 2 aromatic rings. The summed E-state index contributed by atoms with van der Waals surface area (Å²) in [6.45, 7) is 3.77. The molecule has 268 valence electrons. The van der Waals surface area contributed by atoms with Gasteiger partial charge in [-0.05, 0) is 74.4 Å². The predicted octanol–water partition coefficient (Wildman–Crippen LogP) is 5.58. The molecule has 2 N–H and O–H groups in total. The van der Waals surface area contributed by atoms with Crippen molar-refractivity contribution in [3.8, 4) is 0 Å². The molecule has 0 unspecified atom stereocenters. The van der Waals surface area contributed by atoms with Gasteiger partial charge in [0.15, 0.2) is 5.60 Å². The van der Waals surface area contributed by atoms with Crippen LogP contribution in [-0.4, -0.2) is 71.0 Å². The number of rotatable bonds is 9. The van der Waals surface area contributed by atoms with Gasteiger partial charge in [0.2, 0.25) is 17.7 Å². The molecule has 0 bridgehead atoms. The minimum Gasteiger partial charge on any atom is -0.394 e. The van der Waals surface area contributed by atoms with Crippen LogP contribution in [0.2, 0.25) is 0 Å². The number of hydrogen-bond acceptors (Lipinski definition) is 6. The molecule has 0 aromatic heterocycles. The van der Waals surface area contributed by atoms with Gasteiger partial charge in [-0.3, -0.25) is 19.2 Å². The average molecular weight is 685 g/mol. The Hall–Kier alpha value is -4.02. The molecular weight excluding hydrogens is 632 g/mol. The van der Waals surface area contributed by atoms with E-state index in [4.69, 9.17) is 0 Å². The highest BCUT2D eigenvalue weighted by molar-refractivity contribution is 6.08. The standard InChI is InChI=1S/C40H52N4O6/c1-29(13-10-19-38(48)43-24-12-16-33(43)28-45)40(50)34-26-32(42-23-9-5-3-7-18-37(42)47)20-21-35(34)44(39(40)49)27-30-14-11-15-31(25-30)41-22-8-4-2-6-17-36(41)46/h10-11,13-15,20-21,25-26,29,33,45,50H,2-9,12,16-19,22-24,27-28H2,1H3/b13-10+/t29-,33-,40+/m0/s1. The van der Waals surface area contributed by atoms with Crippen molar-refractivity contribution in [3.63, 3.8) is 0 Å². The van der Waals surface area contributed by atoms with Crippen LogP contribution >= 0.6 is 0 Å². The quantitative estimate of drug-likeness (QED) is 0.333. The summed E-state index contributed by atoms with van der Waals surface area (Å²) in [5.41, 5.74) is 1.39. The monoisotopic (exact) mass is 684 g/mol. The first-order valence-corrected chi connectivity index (χ1v) is 18.7. The van der Waals surface area contributed by atoms with Crippen LogP contribution in [0.4, 0.5) is 17.1 Å². The number of carbonyl (C=O) groups excluding carboxylic acids is 4. The number of benzene rings is 2. The number of fused-ring (bicyclic) bond motifs is 1. The lowest BCUT2D eigenvalue weighted by Crippen LogP contribution is -2.44. The van der Waals surface area contributed by atoms with Crippen LogP contribution in [0, 0.1) is 5.92 Å². The van der Waals surface area contributed by atoms with Crippen molar-refractivity contribution < 1.29 is 29.4 Å². The summed E-state index contributed by atoms with van der Waals surface area (Å²) >= 11 is 0. The predicted molar refractivity (Wildman–Crippen MR) is 194 cm³/mol. The summed E-state index contributed by atoms with van der Waals surface area (Å²) in [6.07, 6.45) is 14.0. The number of aliphatic hydroxyl groups is 2. The van der Waals surface area contributed by atoms with Crippen LogP contribution < -0.4 is 14.7 Å². The Bertz CT molecular complexity index is 1610. The number of hydrogen-bond donors (Lipinski definition) is 2. The number of amides is 4. The molecule has 10 nitrogen and oxygen atoms in total. The van der Waals surface area contributed by atoms with E-state index in [1.54, 1.807) is 39.8 Å². The van der Waals surface area contributed by atoms with Gasteiger partial charge in [0, 0.05) is 61.8 Å². The molecule has 0 aliphatic carbocycles. The largest absolute Gasteiger partial charge is 0.394 e. The van der Waals surface area contributed by atoms with Gasteiger partial charge in [-0.1, -0.05) is 56.9 Å². The molecule has 0 saturated carbocycles. The van der Waals surface area contributed by atoms with Gasteiger partial charge in [-0.25, -0.2) is 0 Å². The van der Waals surface area contributed by atoms with Crippen LogP contribution in [-0.2, 0) is 31.3 Å². The first kappa shape index (κ1) is 35.8. The highest BCUT2D eigenvalue weighted by atomic mass is 16.3. The molecule has 2 aromatic carbocycles. The summed E-state index contributed by atoms with van der Waals surface area (Å²) in [5, 5.41) is 22.2. The molecule has 4 aliphatic heterocycles. The van der Waals surface area contributed by atoms with E-state index >= 15 is 0 Å². The molecule has 0 spiro atoms. The lowest BCUT2D eigenvalue weighted by molar-refractivity contribution is -0.139. The fraction of sp³-hybridized carbons (Fsp3) is 0.550. The molecule has 3 fully saturated rings. The maximum absolute atomic E-state index is 14.5. The SMILES string of the molecule is C[C@@H](/C=C/CC(=O)N1CCC[C@H]1CO)[C@]1(O)C(=O)N(Cc2cccc(N3CCCCCCC3=O)c2)c2ccc(N3CCCCCCC3=O)cc21. The molecule has 3 saturated heterocycles. The Morgan fingerprint density at radius 1 is 0.860 bits per heavy atom. The van der Waals surface area contributed by atoms with E-state index in [1.807, 2.05) is 41.3 Å². The second kappa shape index (κ2) is 15.9. The summed E-state index contributed by atoms with van der Waals surface area (Å²) in [5.74, 6) is -1.10. The third-order valence-electron chi connectivity index (χ3n) is 11.1. The van der Waals surface area contributed by atoms with Crippen molar-refractivity contribution in [2.45, 2.75) is 109 Å². The van der Waals surface area contributed by atoms with E-state index in [2.05, 4.69) is 0 Å². The van der Waals surface area contributed by atoms with Crippen LogP contribution in [0.25, 0.3) is 0 Å². The minimum atomic E-state index is -1.94. The number of aliphatic hydroxyl groups excluding tert-OH is 1. The first-order chi connectivity index (χ1) is 24.2. The van der Waals surface area contributed by atoms with E-state index in [0.29, 0.717) is 49.4 Å². The van der Waals surface area contributed by atoms with Gasteiger partial charge >= 0.3 is 0 Å². The summed E-state index contributed by atoms with van der Waals surface area (Å²) in [4.78, 5) is 60.6. The zero-order chi connectivity index (χ0) is 35.3. The minimum absolute atomic E-state index is 0.0412. The summed E-state index contributed by atoms with van der Waals surface area (Å²) < 4.78 is 0. The molecule has 4 heterocycles. The highest BCUT2D eigenvalue weighted by Gasteiger charge is 2.53. The Morgan fingerprint density at radius 3 is 2.20 bits per heavy atom. The lowest BCUT2D eigenvalue weighted by atomic mass is 9.82. The summed E-state index contributed by atoms with van der Waals surface area (Å²) in [6, 6.07) is 13.1. The molecule has 4 aliphatic rings. The zero-order valence-corrected chi connectivity index (χ0v) is 29.4. The average Bonchev–Trinajstić information content (AvgIpc) is 3.66. The second-order valence-corrected chi connectivity index (χ2v) is 14.4. The number of likely N-dealkylation sites (tertiary alicyclic amines) is 1. The van der Waals surface area contributed by atoms with E-state index in [9.17, 15) is 29.4 Å². The van der Waals surface area contributed by atoms with Gasteiger partial charge in [0.1, 0.15) is 0 Å². The molecule has 50 heavy (non-hydrogen) atoms. The van der Waals surface area contributed by atoms with Crippen LogP contribution in [0.1, 0.15) is 102 Å². The Balaban J connectivity index is 1.30. The number of carbonyl (C=O) groups is 4. The third-order valence-corrected chi connectivity index (χ3v) is 11.1. The van der Waals surface area contributed by atoms with Gasteiger partial charge in [0.25, 0.3) is 5.91 Å². The number of anilines is 3. The molecule has 10 heteroatoms. The zero-order valence-electron chi connectivity index (χ0n) is 29.4. The van der Waals surface area contributed by atoms with Crippen molar-refractivity contribution in [1.82, 2.24) is 4.90 Å². The molecule has 6 rings (SSSR count). The summed E-state index contributed by atoms with van der Waals surface area (Å²) in [7, 11) is 0. The highest BCUT2D eigenvalue weighted by Crippen LogP contribution is 2.47. The molecule has 4 amide bonds. The van der Waals surface area contributed by atoms with Crippen LogP contribution in [0.3, 0.4) is 0 Å². The lowest BCUT2D eigenvalue weighted by Gasteiger charge is -2.29. The molecule has 0 radical (unpaired) electrons. The van der Waals surface area contributed by atoms with Crippen molar-refractivity contribution >= 4 is 40.7 Å². The van der Waals surface area contributed by atoms with Crippen molar-refractivity contribution in [2.75, 3.05) is 40.9 Å². The fourth-order valence-electron chi connectivity index (χ4n) is 8.11. The number of nitrogens with zero attached hydrogens (tertiary/aromatic N) is 4. The third kappa shape index (κ3) is 7.37. The Labute approximate surface area is 295 Å². The maximum atomic E-state index is 14.5. The van der Waals surface area contributed by atoms with E-state index in [0.717, 1.165) is 75.5 Å². The Kier molecular flexibility index (Phi) is 11.4. The topological polar surface area (TPSA) is 122 Å². The maximum Gasteiger partial charge on any atom is 0.264 e. The van der Waals surface area contributed by atoms with Gasteiger partial charge in [0.05, 0.1) is 24.9 Å². The Morgan fingerprint density at radius 2 is 1.52 bits per heavy atom. The van der Waals surface area contributed by atoms with Crippen molar-refractivity contribution in [1.29, 1.82) is 0 Å². The van der Waals surface area contributed by atoms with Crippen molar-refractivity contribution in [2.24, 2.45) is 5.92 Å².